The van der Waals surface area contributed by atoms with Crippen molar-refractivity contribution in [3.05, 3.63) is 23.8 Å². The van der Waals surface area contributed by atoms with Crippen molar-refractivity contribution >= 4 is 17.4 Å². The quantitative estimate of drug-likeness (QED) is 0.682. The fourth-order valence-electron chi connectivity index (χ4n) is 1.70. The maximum Gasteiger partial charge on any atom is 0.321 e. The molecule has 4 heteroatoms. The van der Waals surface area contributed by atoms with Gasteiger partial charge in [0, 0.05) is 24.5 Å². The SMILES string of the molecule is Cc1cc(N2CCCNC2=O)ccc1N. The Labute approximate surface area is 89.1 Å². The van der Waals surface area contributed by atoms with Gasteiger partial charge in [0.1, 0.15) is 0 Å². The van der Waals surface area contributed by atoms with E-state index in [9.17, 15) is 4.79 Å². The third kappa shape index (κ3) is 1.88. The van der Waals surface area contributed by atoms with Crippen LogP contribution in [0, 0.1) is 6.92 Å². The van der Waals surface area contributed by atoms with Gasteiger partial charge in [0.05, 0.1) is 0 Å². The van der Waals surface area contributed by atoms with Crippen molar-refractivity contribution in [1.29, 1.82) is 0 Å². The van der Waals surface area contributed by atoms with Crippen LogP contribution in [0.1, 0.15) is 12.0 Å². The molecule has 15 heavy (non-hydrogen) atoms. The van der Waals surface area contributed by atoms with E-state index in [1.54, 1.807) is 4.90 Å². The molecule has 0 unspecified atom stereocenters. The number of amides is 2. The summed E-state index contributed by atoms with van der Waals surface area (Å²) in [5.74, 6) is 0. The molecule has 1 fully saturated rings. The highest BCUT2D eigenvalue weighted by Gasteiger charge is 2.19. The van der Waals surface area contributed by atoms with Crippen molar-refractivity contribution in [3.63, 3.8) is 0 Å². The zero-order chi connectivity index (χ0) is 10.8. The summed E-state index contributed by atoms with van der Waals surface area (Å²) < 4.78 is 0. The van der Waals surface area contributed by atoms with Gasteiger partial charge in [-0.2, -0.15) is 0 Å². The largest absolute Gasteiger partial charge is 0.399 e. The molecule has 1 heterocycles. The summed E-state index contributed by atoms with van der Waals surface area (Å²) in [6.07, 6.45) is 0.981. The van der Waals surface area contributed by atoms with Crippen molar-refractivity contribution in [2.45, 2.75) is 13.3 Å². The minimum Gasteiger partial charge on any atom is -0.399 e. The number of hydrogen-bond donors (Lipinski definition) is 2. The average Bonchev–Trinajstić information content (AvgIpc) is 2.23. The van der Waals surface area contributed by atoms with Crippen LogP contribution in [0.2, 0.25) is 0 Å². The summed E-state index contributed by atoms with van der Waals surface area (Å²) in [5.41, 5.74) is 8.42. The van der Waals surface area contributed by atoms with E-state index in [0.717, 1.165) is 36.4 Å². The Kier molecular flexibility index (Phi) is 2.49. The Bertz CT molecular complexity index is 389. The molecule has 0 saturated carbocycles. The van der Waals surface area contributed by atoms with E-state index in [0.29, 0.717) is 0 Å². The molecule has 2 rings (SSSR count). The standard InChI is InChI=1S/C11H15N3O/c1-8-7-9(3-4-10(8)12)14-6-2-5-13-11(14)15/h3-4,7H,2,5-6,12H2,1H3,(H,13,15). The van der Waals surface area contributed by atoms with Gasteiger partial charge >= 0.3 is 6.03 Å². The van der Waals surface area contributed by atoms with Crippen molar-refractivity contribution in [1.82, 2.24) is 5.32 Å². The number of carbonyl (C=O) groups is 1. The molecule has 0 radical (unpaired) electrons. The van der Waals surface area contributed by atoms with Gasteiger partial charge in [0.2, 0.25) is 0 Å². The summed E-state index contributed by atoms with van der Waals surface area (Å²) in [7, 11) is 0. The molecule has 1 aliphatic rings. The normalized spacial score (nSPS) is 16.3. The molecule has 0 atom stereocenters. The first kappa shape index (κ1) is 9.83. The van der Waals surface area contributed by atoms with Gasteiger partial charge in [-0.05, 0) is 37.1 Å². The fraction of sp³-hybridized carbons (Fsp3) is 0.364. The molecule has 0 aliphatic carbocycles. The lowest BCUT2D eigenvalue weighted by Gasteiger charge is -2.27. The van der Waals surface area contributed by atoms with E-state index >= 15 is 0 Å². The predicted octanol–water partition coefficient (Wildman–Crippen LogP) is 1.50. The van der Waals surface area contributed by atoms with E-state index in [2.05, 4.69) is 5.32 Å². The first-order valence-electron chi connectivity index (χ1n) is 5.10. The average molecular weight is 205 g/mol. The molecule has 4 nitrogen and oxygen atoms in total. The lowest BCUT2D eigenvalue weighted by Crippen LogP contribution is -2.46. The van der Waals surface area contributed by atoms with Crippen LogP contribution in [0.3, 0.4) is 0 Å². The molecule has 1 aromatic rings. The van der Waals surface area contributed by atoms with E-state index in [1.165, 1.54) is 0 Å². The molecule has 80 valence electrons. The smallest absolute Gasteiger partial charge is 0.321 e. The van der Waals surface area contributed by atoms with Gasteiger partial charge in [-0.3, -0.25) is 4.90 Å². The molecule has 2 amide bonds. The zero-order valence-corrected chi connectivity index (χ0v) is 8.79. The Balaban J connectivity index is 2.28. The van der Waals surface area contributed by atoms with Crippen LogP contribution in [-0.2, 0) is 0 Å². The van der Waals surface area contributed by atoms with Crippen molar-refractivity contribution < 1.29 is 4.79 Å². The maximum absolute atomic E-state index is 11.6. The van der Waals surface area contributed by atoms with Crippen LogP contribution >= 0.6 is 0 Å². The van der Waals surface area contributed by atoms with Gasteiger partial charge in [-0.1, -0.05) is 0 Å². The highest BCUT2D eigenvalue weighted by atomic mass is 16.2. The second kappa shape index (κ2) is 3.81. The van der Waals surface area contributed by atoms with E-state index in [4.69, 9.17) is 5.73 Å². The van der Waals surface area contributed by atoms with Crippen molar-refractivity contribution in [2.24, 2.45) is 0 Å². The minimum absolute atomic E-state index is 0.0228. The van der Waals surface area contributed by atoms with Crippen molar-refractivity contribution in [3.8, 4) is 0 Å². The molecule has 1 aliphatic heterocycles. The first-order chi connectivity index (χ1) is 7.18. The second-order valence-electron chi connectivity index (χ2n) is 3.78. The molecule has 1 saturated heterocycles. The summed E-state index contributed by atoms with van der Waals surface area (Å²) >= 11 is 0. The second-order valence-corrected chi connectivity index (χ2v) is 3.78. The third-order valence-electron chi connectivity index (χ3n) is 2.64. The number of nitrogens with one attached hydrogen (secondary N) is 1. The Hall–Kier alpha value is -1.71. The number of nitrogen functional groups attached to an aromatic ring is 1. The molecule has 3 N–H and O–H groups in total. The highest BCUT2D eigenvalue weighted by molar-refractivity contribution is 5.92. The number of benzene rings is 1. The highest BCUT2D eigenvalue weighted by Crippen LogP contribution is 2.21. The predicted molar refractivity (Wildman–Crippen MR) is 61.0 cm³/mol. The number of hydrogen-bond acceptors (Lipinski definition) is 2. The summed E-state index contributed by atoms with van der Waals surface area (Å²) in [6.45, 7) is 3.49. The van der Waals surface area contributed by atoms with Crippen LogP contribution in [0.5, 0.6) is 0 Å². The molecule has 0 aromatic heterocycles. The van der Waals surface area contributed by atoms with Crippen LogP contribution in [0.4, 0.5) is 16.2 Å². The van der Waals surface area contributed by atoms with Crippen LogP contribution < -0.4 is 16.0 Å². The lowest BCUT2D eigenvalue weighted by molar-refractivity contribution is 0.243. The Morgan fingerprint density at radius 2 is 2.27 bits per heavy atom. The minimum atomic E-state index is -0.0228. The first-order valence-corrected chi connectivity index (χ1v) is 5.10. The molecular formula is C11H15N3O. The van der Waals surface area contributed by atoms with E-state index < -0.39 is 0 Å². The van der Waals surface area contributed by atoms with Crippen LogP contribution in [0.15, 0.2) is 18.2 Å². The molecule has 0 spiro atoms. The van der Waals surface area contributed by atoms with Crippen molar-refractivity contribution in [2.75, 3.05) is 23.7 Å². The zero-order valence-electron chi connectivity index (χ0n) is 8.79. The van der Waals surface area contributed by atoms with Gasteiger partial charge in [0.15, 0.2) is 0 Å². The Morgan fingerprint density at radius 3 is 2.93 bits per heavy atom. The number of anilines is 2. The van der Waals surface area contributed by atoms with Gasteiger partial charge in [-0.15, -0.1) is 0 Å². The third-order valence-corrected chi connectivity index (χ3v) is 2.64. The molecular weight excluding hydrogens is 190 g/mol. The molecule has 1 aromatic carbocycles. The number of urea groups is 1. The monoisotopic (exact) mass is 205 g/mol. The summed E-state index contributed by atoms with van der Waals surface area (Å²) in [6, 6.07) is 5.64. The number of aryl methyl sites for hydroxylation is 1. The maximum atomic E-state index is 11.6. The number of nitrogens with zero attached hydrogens (tertiary/aromatic N) is 1. The van der Waals surface area contributed by atoms with Crippen LogP contribution in [-0.4, -0.2) is 19.1 Å². The van der Waals surface area contributed by atoms with Gasteiger partial charge < -0.3 is 11.1 Å². The Morgan fingerprint density at radius 1 is 1.47 bits per heavy atom. The van der Waals surface area contributed by atoms with Gasteiger partial charge in [0.25, 0.3) is 0 Å². The topological polar surface area (TPSA) is 58.4 Å². The van der Waals surface area contributed by atoms with E-state index in [-0.39, 0.29) is 6.03 Å². The number of rotatable bonds is 1. The van der Waals surface area contributed by atoms with Gasteiger partial charge in [-0.25, -0.2) is 4.79 Å². The number of carbonyl (C=O) groups excluding carboxylic acids is 1. The summed E-state index contributed by atoms with van der Waals surface area (Å²) in [4.78, 5) is 13.3. The number of nitrogens with two attached hydrogens (primary N) is 1. The lowest BCUT2D eigenvalue weighted by atomic mass is 10.1. The van der Waals surface area contributed by atoms with E-state index in [1.807, 2.05) is 25.1 Å². The fourth-order valence-corrected chi connectivity index (χ4v) is 1.70. The molecule has 0 bridgehead atoms. The summed E-state index contributed by atoms with van der Waals surface area (Å²) in [5, 5.41) is 2.82. The van der Waals surface area contributed by atoms with Crippen LogP contribution in [0.25, 0.3) is 0 Å².